The fourth-order valence-electron chi connectivity index (χ4n) is 2.26. The van der Waals surface area contributed by atoms with E-state index in [9.17, 15) is 4.79 Å². The Bertz CT molecular complexity index is 592. The van der Waals surface area contributed by atoms with Crippen LogP contribution in [0.4, 0.5) is 0 Å². The third-order valence-electron chi connectivity index (χ3n) is 3.50. The van der Waals surface area contributed by atoms with Crippen molar-refractivity contribution in [3.05, 3.63) is 23.8 Å². The summed E-state index contributed by atoms with van der Waals surface area (Å²) < 4.78 is 15.6. The fourth-order valence-corrected chi connectivity index (χ4v) is 2.26. The minimum Gasteiger partial charge on any atom is -0.454 e. The molecule has 0 saturated carbocycles. The number of rotatable bonds is 9. The molecule has 0 fully saturated rings. The van der Waals surface area contributed by atoms with E-state index in [0.717, 1.165) is 30.0 Å². The highest BCUT2D eigenvalue weighted by molar-refractivity contribution is 5.84. The second-order valence-corrected chi connectivity index (χ2v) is 5.40. The minimum atomic E-state index is -0.134. The van der Waals surface area contributed by atoms with Crippen LogP contribution in [0.1, 0.15) is 12.5 Å². The number of methoxy groups -OCH3 is 1. The zero-order chi connectivity index (χ0) is 17.9. The van der Waals surface area contributed by atoms with Gasteiger partial charge in [-0.15, -0.1) is 0 Å². The largest absolute Gasteiger partial charge is 0.454 e. The Hall–Kier alpha value is -2.48. The number of carbonyl (C=O) groups is 1. The highest BCUT2D eigenvalue weighted by atomic mass is 16.7. The molecule has 0 saturated heterocycles. The van der Waals surface area contributed by atoms with Crippen molar-refractivity contribution in [2.45, 2.75) is 13.3 Å². The molecule has 0 radical (unpaired) electrons. The number of nitrogens with zero attached hydrogens (tertiary/aromatic N) is 1. The van der Waals surface area contributed by atoms with Gasteiger partial charge in [0.1, 0.15) is 6.54 Å². The fraction of sp³-hybridized carbons (Fsp3) is 0.529. The Morgan fingerprint density at radius 2 is 2.04 bits per heavy atom. The SMILES string of the molecule is CCNC(=NCC(=O)NCCOC)NCCc1ccc2c(c1)OCO2. The van der Waals surface area contributed by atoms with Gasteiger partial charge in [-0.3, -0.25) is 4.79 Å². The lowest BCUT2D eigenvalue weighted by Crippen LogP contribution is -2.39. The van der Waals surface area contributed by atoms with Crippen molar-refractivity contribution in [3.8, 4) is 11.5 Å². The Balaban J connectivity index is 1.76. The molecule has 1 heterocycles. The molecule has 0 bridgehead atoms. The Morgan fingerprint density at radius 3 is 2.84 bits per heavy atom. The molecular formula is C17H26N4O4. The number of fused-ring (bicyclic) bond motifs is 1. The van der Waals surface area contributed by atoms with E-state index in [-0.39, 0.29) is 19.2 Å². The molecule has 1 aliphatic rings. The predicted molar refractivity (Wildman–Crippen MR) is 95.1 cm³/mol. The molecule has 0 aromatic heterocycles. The minimum absolute atomic E-state index is 0.0725. The zero-order valence-corrected chi connectivity index (χ0v) is 14.8. The number of ether oxygens (including phenoxy) is 3. The number of benzene rings is 1. The first-order chi connectivity index (χ1) is 12.2. The monoisotopic (exact) mass is 350 g/mol. The van der Waals surface area contributed by atoms with Crippen LogP contribution in [-0.4, -0.2) is 58.6 Å². The number of hydrogen-bond donors (Lipinski definition) is 3. The van der Waals surface area contributed by atoms with Crippen LogP contribution >= 0.6 is 0 Å². The van der Waals surface area contributed by atoms with Gasteiger partial charge in [0.15, 0.2) is 17.5 Å². The molecule has 1 amide bonds. The molecule has 0 spiro atoms. The van der Waals surface area contributed by atoms with Gasteiger partial charge in [0.2, 0.25) is 12.7 Å². The third kappa shape index (κ3) is 6.50. The molecule has 1 aromatic carbocycles. The zero-order valence-electron chi connectivity index (χ0n) is 14.8. The lowest BCUT2D eigenvalue weighted by Gasteiger charge is -2.11. The van der Waals surface area contributed by atoms with Crippen molar-refractivity contribution in [3.63, 3.8) is 0 Å². The van der Waals surface area contributed by atoms with Crippen LogP contribution in [0.2, 0.25) is 0 Å². The van der Waals surface area contributed by atoms with Crippen molar-refractivity contribution < 1.29 is 19.0 Å². The smallest absolute Gasteiger partial charge is 0.241 e. The molecule has 25 heavy (non-hydrogen) atoms. The number of aliphatic imine (C=N–C) groups is 1. The quantitative estimate of drug-likeness (QED) is 0.336. The van der Waals surface area contributed by atoms with Crippen LogP contribution in [0.25, 0.3) is 0 Å². The van der Waals surface area contributed by atoms with E-state index in [1.807, 2.05) is 25.1 Å². The van der Waals surface area contributed by atoms with E-state index in [1.165, 1.54) is 0 Å². The van der Waals surface area contributed by atoms with E-state index in [2.05, 4.69) is 20.9 Å². The molecule has 0 aliphatic carbocycles. The summed E-state index contributed by atoms with van der Waals surface area (Å²) in [5.41, 5.74) is 1.14. The number of hydrogen-bond acceptors (Lipinski definition) is 5. The topological polar surface area (TPSA) is 93.2 Å². The first kappa shape index (κ1) is 18.9. The van der Waals surface area contributed by atoms with E-state index in [1.54, 1.807) is 7.11 Å². The molecule has 1 aromatic rings. The maximum atomic E-state index is 11.7. The second-order valence-electron chi connectivity index (χ2n) is 5.40. The highest BCUT2D eigenvalue weighted by Gasteiger charge is 2.12. The summed E-state index contributed by atoms with van der Waals surface area (Å²) >= 11 is 0. The van der Waals surface area contributed by atoms with Crippen LogP contribution in [-0.2, 0) is 16.0 Å². The van der Waals surface area contributed by atoms with Crippen LogP contribution < -0.4 is 25.4 Å². The van der Waals surface area contributed by atoms with E-state index in [4.69, 9.17) is 14.2 Å². The van der Waals surface area contributed by atoms with E-state index >= 15 is 0 Å². The summed E-state index contributed by atoms with van der Waals surface area (Å²) in [6.45, 7) is 4.72. The van der Waals surface area contributed by atoms with Crippen LogP contribution in [0, 0.1) is 0 Å². The maximum absolute atomic E-state index is 11.7. The predicted octanol–water partition coefficient (Wildman–Crippen LogP) is 0.276. The normalized spacial score (nSPS) is 12.8. The molecular weight excluding hydrogens is 324 g/mol. The summed E-state index contributed by atoms with van der Waals surface area (Å²) in [5, 5.41) is 9.08. The molecule has 2 rings (SSSR count). The van der Waals surface area contributed by atoms with Gasteiger partial charge >= 0.3 is 0 Å². The van der Waals surface area contributed by atoms with Gasteiger partial charge in [0.05, 0.1) is 6.61 Å². The highest BCUT2D eigenvalue weighted by Crippen LogP contribution is 2.32. The number of guanidine groups is 1. The van der Waals surface area contributed by atoms with Gasteiger partial charge in [-0.2, -0.15) is 0 Å². The van der Waals surface area contributed by atoms with Crippen molar-refractivity contribution in [2.75, 3.05) is 46.7 Å². The second kappa shape index (κ2) is 10.4. The van der Waals surface area contributed by atoms with Gasteiger partial charge < -0.3 is 30.2 Å². The van der Waals surface area contributed by atoms with Crippen LogP contribution in [0.5, 0.6) is 11.5 Å². The summed E-state index contributed by atoms with van der Waals surface area (Å²) in [4.78, 5) is 16.0. The maximum Gasteiger partial charge on any atom is 0.241 e. The molecule has 8 nitrogen and oxygen atoms in total. The van der Waals surface area contributed by atoms with E-state index < -0.39 is 0 Å². The molecule has 1 aliphatic heterocycles. The number of nitrogens with one attached hydrogen (secondary N) is 3. The Morgan fingerprint density at radius 1 is 1.20 bits per heavy atom. The molecule has 0 atom stereocenters. The van der Waals surface area contributed by atoms with Gasteiger partial charge in [0.25, 0.3) is 0 Å². The molecule has 3 N–H and O–H groups in total. The Labute approximate surface area is 147 Å². The van der Waals surface area contributed by atoms with Crippen molar-refractivity contribution >= 4 is 11.9 Å². The first-order valence-corrected chi connectivity index (χ1v) is 8.39. The average Bonchev–Trinajstić information content (AvgIpc) is 3.07. The number of carbonyl (C=O) groups excluding carboxylic acids is 1. The number of amides is 1. The third-order valence-corrected chi connectivity index (χ3v) is 3.50. The average molecular weight is 350 g/mol. The molecule has 0 unspecified atom stereocenters. The molecule has 138 valence electrons. The lowest BCUT2D eigenvalue weighted by molar-refractivity contribution is -0.119. The lowest BCUT2D eigenvalue weighted by atomic mass is 10.1. The van der Waals surface area contributed by atoms with Gasteiger partial charge in [0, 0.05) is 26.7 Å². The summed E-state index contributed by atoms with van der Waals surface area (Å²) in [7, 11) is 1.59. The van der Waals surface area contributed by atoms with Crippen molar-refractivity contribution in [1.29, 1.82) is 0 Å². The Kier molecular flexibility index (Phi) is 7.84. The van der Waals surface area contributed by atoms with Crippen LogP contribution in [0.3, 0.4) is 0 Å². The standard InChI is InChI=1S/C17H26N4O4/c1-3-18-17(21-11-16(22)19-8-9-23-2)20-7-6-13-4-5-14-15(10-13)25-12-24-14/h4-5,10H,3,6-9,11-12H2,1-2H3,(H,19,22)(H2,18,20,21). The summed E-state index contributed by atoms with van der Waals surface area (Å²) in [6, 6.07) is 5.92. The summed E-state index contributed by atoms with van der Waals surface area (Å²) in [5.74, 6) is 2.05. The summed E-state index contributed by atoms with van der Waals surface area (Å²) in [6.07, 6.45) is 0.807. The van der Waals surface area contributed by atoms with Crippen molar-refractivity contribution in [1.82, 2.24) is 16.0 Å². The van der Waals surface area contributed by atoms with Gasteiger partial charge in [-0.1, -0.05) is 6.07 Å². The van der Waals surface area contributed by atoms with E-state index in [0.29, 0.717) is 25.7 Å². The van der Waals surface area contributed by atoms with Crippen LogP contribution in [0.15, 0.2) is 23.2 Å². The first-order valence-electron chi connectivity index (χ1n) is 8.39. The van der Waals surface area contributed by atoms with Gasteiger partial charge in [-0.25, -0.2) is 4.99 Å². The molecule has 8 heteroatoms. The van der Waals surface area contributed by atoms with Gasteiger partial charge in [-0.05, 0) is 31.0 Å². The van der Waals surface area contributed by atoms with Crippen molar-refractivity contribution in [2.24, 2.45) is 4.99 Å².